The smallest absolute Gasteiger partial charge is 0.380 e. The van der Waals surface area contributed by atoms with Crippen LogP contribution in [-0.4, -0.2) is 39.9 Å². The Kier molecular flexibility index (Phi) is 4.00. The molecule has 118 valence electrons. The molecule has 0 aromatic carbocycles. The summed E-state index contributed by atoms with van der Waals surface area (Å²) in [6.07, 6.45) is -0.367. The highest BCUT2D eigenvalue weighted by atomic mass is 32.1. The van der Waals surface area contributed by atoms with E-state index in [1.54, 1.807) is 11.3 Å². The molecule has 2 heterocycles. The number of thiazole rings is 1. The third-order valence-electron chi connectivity index (χ3n) is 4.31. The Bertz CT molecular complexity index is 501. The molecule has 1 aliphatic carbocycles. The number of aromatic nitrogens is 1. The van der Waals surface area contributed by atoms with E-state index in [9.17, 15) is 18.3 Å². The third kappa shape index (κ3) is 3.40. The van der Waals surface area contributed by atoms with E-state index in [2.05, 4.69) is 4.98 Å². The Morgan fingerprint density at radius 3 is 2.76 bits per heavy atom. The number of hydrogen-bond acceptors (Lipinski definition) is 4. The summed E-state index contributed by atoms with van der Waals surface area (Å²) < 4.78 is 38.6. The van der Waals surface area contributed by atoms with Crippen molar-refractivity contribution in [1.29, 1.82) is 0 Å². The van der Waals surface area contributed by atoms with Gasteiger partial charge < -0.3 is 5.11 Å². The molecule has 1 aromatic heterocycles. The lowest BCUT2D eigenvalue weighted by Gasteiger charge is -2.29. The van der Waals surface area contributed by atoms with Gasteiger partial charge in [0.05, 0.1) is 5.01 Å². The van der Waals surface area contributed by atoms with Crippen molar-refractivity contribution >= 4 is 11.3 Å². The van der Waals surface area contributed by atoms with Gasteiger partial charge in [0.25, 0.3) is 0 Å². The molecule has 2 fully saturated rings. The summed E-state index contributed by atoms with van der Waals surface area (Å²) in [4.78, 5) is 7.50. The van der Waals surface area contributed by atoms with Gasteiger partial charge in [-0.05, 0) is 38.6 Å². The molecule has 0 amide bonds. The van der Waals surface area contributed by atoms with Crippen molar-refractivity contribution in [1.82, 2.24) is 9.88 Å². The van der Waals surface area contributed by atoms with Crippen LogP contribution >= 0.6 is 11.3 Å². The zero-order chi connectivity index (χ0) is 15.1. The molecule has 3 nitrogen and oxygen atoms in total. The molecule has 0 bridgehead atoms. The van der Waals surface area contributed by atoms with E-state index in [0.717, 1.165) is 9.88 Å². The van der Waals surface area contributed by atoms with Crippen LogP contribution in [0, 0.1) is 0 Å². The summed E-state index contributed by atoms with van der Waals surface area (Å²) in [5.74, 6) is 0.614. The topological polar surface area (TPSA) is 36.4 Å². The highest BCUT2D eigenvalue weighted by molar-refractivity contribution is 7.11. The summed E-state index contributed by atoms with van der Waals surface area (Å²) in [6, 6.07) is 0. The maximum Gasteiger partial charge on any atom is 0.417 e. The van der Waals surface area contributed by atoms with Gasteiger partial charge in [0.1, 0.15) is 0 Å². The Hall–Kier alpha value is -0.660. The lowest BCUT2D eigenvalue weighted by Crippen LogP contribution is -2.45. The highest BCUT2D eigenvalue weighted by Crippen LogP contribution is 2.42. The minimum absolute atomic E-state index is 0.205. The molecule has 1 N–H and O–H groups in total. The molecule has 1 aromatic rings. The first kappa shape index (κ1) is 15.2. The van der Waals surface area contributed by atoms with Gasteiger partial charge in [-0.2, -0.15) is 13.2 Å². The van der Waals surface area contributed by atoms with Crippen LogP contribution in [0.5, 0.6) is 0 Å². The average molecular weight is 320 g/mol. The monoisotopic (exact) mass is 320 g/mol. The number of likely N-dealkylation sites (tertiary alicyclic amines) is 1. The Morgan fingerprint density at radius 1 is 1.33 bits per heavy atom. The first-order valence-corrected chi connectivity index (χ1v) is 8.15. The van der Waals surface area contributed by atoms with Gasteiger partial charge in [0, 0.05) is 30.1 Å². The molecular weight excluding hydrogens is 301 g/mol. The van der Waals surface area contributed by atoms with Crippen molar-refractivity contribution in [2.24, 2.45) is 0 Å². The normalized spacial score (nSPS) is 28.6. The fourth-order valence-corrected chi connectivity index (χ4v) is 3.88. The van der Waals surface area contributed by atoms with Crippen LogP contribution in [0.15, 0.2) is 6.20 Å². The Balaban J connectivity index is 1.59. The minimum Gasteiger partial charge on any atom is -0.380 e. The number of aliphatic hydroxyl groups is 1. The third-order valence-corrected chi connectivity index (χ3v) is 5.46. The fraction of sp³-hybridized carbons (Fsp3) is 0.786. The van der Waals surface area contributed by atoms with Gasteiger partial charge in [-0.25, -0.2) is 4.98 Å². The standard InChI is InChI=1S/C14H19F3N2OS/c15-14(16,17)13(20)4-1-6-19(7-5-13)9-11-8-18-12(21-11)10-2-3-10/h8,10,20H,1-7,9H2. The molecule has 7 heteroatoms. The van der Waals surface area contributed by atoms with E-state index in [-0.39, 0.29) is 19.4 Å². The molecule has 0 spiro atoms. The molecule has 1 aliphatic heterocycles. The molecule has 1 atom stereocenters. The van der Waals surface area contributed by atoms with Crippen LogP contribution < -0.4 is 0 Å². The Labute approximate surface area is 125 Å². The summed E-state index contributed by atoms with van der Waals surface area (Å²) >= 11 is 1.67. The summed E-state index contributed by atoms with van der Waals surface area (Å²) in [7, 11) is 0. The second-order valence-electron chi connectivity index (χ2n) is 6.10. The van der Waals surface area contributed by atoms with E-state index >= 15 is 0 Å². The van der Waals surface area contributed by atoms with Crippen LogP contribution in [-0.2, 0) is 6.54 Å². The van der Waals surface area contributed by atoms with Gasteiger partial charge in [-0.3, -0.25) is 4.90 Å². The van der Waals surface area contributed by atoms with Crippen molar-refractivity contribution in [2.75, 3.05) is 13.1 Å². The van der Waals surface area contributed by atoms with E-state index in [4.69, 9.17) is 0 Å². The van der Waals surface area contributed by atoms with Gasteiger partial charge in [0.15, 0.2) is 5.60 Å². The molecular formula is C14H19F3N2OS. The zero-order valence-corrected chi connectivity index (χ0v) is 12.5. The predicted molar refractivity (Wildman–Crippen MR) is 74.2 cm³/mol. The number of halogens is 3. The van der Waals surface area contributed by atoms with E-state index < -0.39 is 11.8 Å². The van der Waals surface area contributed by atoms with Crippen molar-refractivity contribution in [3.63, 3.8) is 0 Å². The number of alkyl halides is 3. The largest absolute Gasteiger partial charge is 0.417 e. The van der Waals surface area contributed by atoms with Crippen LogP contribution in [0.1, 0.15) is 47.9 Å². The minimum atomic E-state index is -4.54. The van der Waals surface area contributed by atoms with Crippen LogP contribution in [0.4, 0.5) is 13.2 Å². The maximum atomic E-state index is 12.9. The first-order chi connectivity index (χ1) is 9.87. The molecule has 1 saturated carbocycles. The zero-order valence-electron chi connectivity index (χ0n) is 11.7. The maximum absolute atomic E-state index is 12.9. The van der Waals surface area contributed by atoms with Crippen LogP contribution in [0.3, 0.4) is 0 Å². The second-order valence-corrected chi connectivity index (χ2v) is 7.24. The summed E-state index contributed by atoms with van der Waals surface area (Å²) in [6.45, 7) is 1.50. The van der Waals surface area contributed by atoms with Gasteiger partial charge in [-0.15, -0.1) is 11.3 Å². The SMILES string of the molecule is OC1(C(F)(F)F)CCCN(Cc2cnc(C3CC3)s2)CC1. The lowest BCUT2D eigenvalue weighted by atomic mass is 9.94. The number of rotatable bonds is 3. The Morgan fingerprint density at radius 2 is 2.10 bits per heavy atom. The van der Waals surface area contributed by atoms with Gasteiger partial charge >= 0.3 is 6.18 Å². The molecule has 0 radical (unpaired) electrons. The fourth-order valence-electron chi connectivity index (χ4n) is 2.75. The van der Waals surface area contributed by atoms with Gasteiger partial charge in [0.2, 0.25) is 0 Å². The number of hydrogen-bond donors (Lipinski definition) is 1. The van der Waals surface area contributed by atoms with E-state index in [1.165, 1.54) is 12.8 Å². The van der Waals surface area contributed by atoms with Gasteiger partial charge in [-0.1, -0.05) is 0 Å². The lowest BCUT2D eigenvalue weighted by molar-refractivity contribution is -0.263. The summed E-state index contributed by atoms with van der Waals surface area (Å²) in [5.41, 5.74) is -2.52. The van der Waals surface area contributed by atoms with E-state index in [0.29, 0.717) is 25.4 Å². The molecule has 2 aliphatic rings. The summed E-state index contributed by atoms with van der Waals surface area (Å²) in [5, 5.41) is 11.0. The highest BCUT2D eigenvalue weighted by Gasteiger charge is 2.53. The first-order valence-electron chi connectivity index (χ1n) is 7.33. The van der Waals surface area contributed by atoms with Crippen LogP contribution in [0.2, 0.25) is 0 Å². The molecule has 1 saturated heterocycles. The quantitative estimate of drug-likeness (QED) is 0.928. The van der Waals surface area contributed by atoms with Crippen LogP contribution in [0.25, 0.3) is 0 Å². The molecule has 3 rings (SSSR count). The number of nitrogens with zero attached hydrogens (tertiary/aromatic N) is 2. The van der Waals surface area contributed by atoms with E-state index in [1.807, 2.05) is 11.1 Å². The second kappa shape index (κ2) is 5.52. The average Bonchev–Trinajstić information content (AvgIpc) is 3.17. The molecule has 21 heavy (non-hydrogen) atoms. The van der Waals surface area contributed by atoms with Crippen molar-refractivity contribution in [2.45, 2.75) is 56.3 Å². The predicted octanol–water partition coefficient (Wildman–Crippen LogP) is 3.30. The van der Waals surface area contributed by atoms with Crippen molar-refractivity contribution < 1.29 is 18.3 Å². The van der Waals surface area contributed by atoms with Crippen molar-refractivity contribution in [3.8, 4) is 0 Å². The molecule has 1 unspecified atom stereocenters. The van der Waals surface area contributed by atoms with Crippen molar-refractivity contribution in [3.05, 3.63) is 16.1 Å².